The van der Waals surface area contributed by atoms with Gasteiger partial charge in [0.15, 0.2) is 0 Å². The molecule has 0 radical (unpaired) electrons. The number of aromatic amines is 2. The summed E-state index contributed by atoms with van der Waals surface area (Å²) in [6.07, 6.45) is 3.37. The molecule has 2 rings (SSSR count). The maximum Gasteiger partial charge on any atom is 0.0746 e. The van der Waals surface area contributed by atoms with Crippen LogP contribution in [-0.4, -0.2) is 10.2 Å². The fourth-order valence-corrected chi connectivity index (χ4v) is 1.35. The van der Waals surface area contributed by atoms with Crippen molar-refractivity contribution in [1.29, 1.82) is 0 Å². The van der Waals surface area contributed by atoms with E-state index in [-0.39, 0.29) is 0 Å². The zero-order chi connectivity index (χ0) is 19.5. The molecule has 3 nitrogen and oxygen atoms in total. The van der Waals surface area contributed by atoms with E-state index in [2.05, 4.69) is 36.7 Å². The van der Waals surface area contributed by atoms with Crippen molar-refractivity contribution in [2.24, 2.45) is 5.92 Å². The van der Waals surface area contributed by atoms with Crippen LogP contribution in [0.2, 0.25) is 0 Å². The highest BCUT2D eigenvalue weighted by Gasteiger charge is 1.92. The fourth-order valence-electron chi connectivity index (χ4n) is 1.35. The van der Waals surface area contributed by atoms with Gasteiger partial charge in [-0.2, -0.15) is 0 Å². The molecule has 4 N–H and O–H groups in total. The monoisotopic (exact) mass is 335 g/mol. The number of anilines is 1. The molecule has 0 aliphatic heterocycles. The van der Waals surface area contributed by atoms with E-state index in [4.69, 9.17) is 5.73 Å². The first kappa shape index (κ1) is 27.0. The maximum absolute atomic E-state index is 5.52. The van der Waals surface area contributed by atoms with Gasteiger partial charge in [-0.05, 0) is 24.5 Å². The number of hydrogen-bond donors (Lipinski definition) is 3. The minimum atomic E-state index is 0.640. The van der Waals surface area contributed by atoms with Crippen LogP contribution in [0.4, 0.5) is 5.69 Å². The van der Waals surface area contributed by atoms with Gasteiger partial charge in [0.05, 0.1) is 10.7 Å². The largest absolute Gasteiger partial charge is 0.399 e. The molecule has 0 amide bonds. The minimum absolute atomic E-state index is 0.640. The highest BCUT2D eigenvalue weighted by Crippen LogP contribution is 2.06. The first-order valence-corrected chi connectivity index (χ1v) is 9.28. The standard InChI is InChI=1S/C8H14N2.C7H9N.3C2H6/c1-4-6(2)5-8-7(3)9-10-8;1-6-4-2-3-5-7(6)8;3*1-2/h5-6,9-10H,3-4H2,1-2H3;2-5H,8H2,1H3;3*1-2H3/b8-5+;;;;. The van der Waals surface area contributed by atoms with Crippen molar-refractivity contribution in [2.75, 3.05) is 5.73 Å². The number of benzene rings is 1. The average molecular weight is 336 g/mol. The van der Waals surface area contributed by atoms with Crippen LogP contribution in [0, 0.1) is 12.8 Å². The molecule has 1 atom stereocenters. The van der Waals surface area contributed by atoms with Crippen molar-refractivity contribution in [2.45, 2.75) is 68.7 Å². The Morgan fingerprint density at radius 3 is 1.79 bits per heavy atom. The number of nitrogens with two attached hydrogens (primary N) is 1. The highest BCUT2D eigenvalue weighted by atomic mass is 15.1. The number of aryl methyl sites for hydroxylation is 1. The van der Waals surface area contributed by atoms with Gasteiger partial charge in [0.2, 0.25) is 0 Å². The summed E-state index contributed by atoms with van der Waals surface area (Å²) < 4.78 is 0. The molecule has 1 aromatic heterocycles. The minimum Gasteiger partial charge on any atom is -0.399 e. The SMILES string of the molecule is C=c1[nH][nH]/c1=C/C(C)CC.CC.CC.CC.Cc1ccccc1N. The lowest BCUT2D eigenvalue weighted by molar-refractivity contribution is 0.723. The molecule has 1 aromatic carbocycles. The van der Waals surface area contributed by atoms with Crippen molar-refractivity contribution >= 4 is 18.3 Å². The summed E-state index contributed by atoms with van der Waals surface area (Å²) in [6, 6.07) is 7.80. The number of H-pyrrole nitrogens is 2. The Labute approximate surface area is 150 Å². The summed E-state index contributed by atoms with van der Waals surface area (Å²) in [5.74, 6) is 0.640. The molecule has 1 heterocycles. The van der Waals surface area contributed by atoms with Gasteiger partial charge in [0.1, 0.15) is 0 Å². The molecule has 0 aliphatic rings. The Hall–Kier alpha value is -1.90. The van der Waals surface area contributed by atoms with Crippen LogP contribution in [0.1, 0.15) is 67.4 Å². The molecule has 0 bridgehead atoms. The number of para-hydroxylation sites is 1. The van der Waals surface area contributed by atoms with Crippen molar-refractivity contribution in [3.05, 3.63) is 40.5 Å². The molecule has 0 aliphatic carbocycles. The zero-order valence-electron chi connectivity index (χ0n) is 17.5. The van der Waals surface area contributed by atoms with E-state index < -0.39 is 0 Å². The van der Waals surface area contributed by atoms with Gasteiger partial charge in [-0.25, -0.2) is 0 Å². The second-order valence-electron chi connectivity index (χ2n) is 4.55. The smallest absolute Gasteiger partial charge is 0.0746 e. The number of nitrogens with one attached hydrogen (secondary N) is 2. The van der Waals surface area contributed by atoms with Gasteiger partial charge < -0.3 is 5.73 Å². The van der Waals surface area contributed by atoms with Crippen LogP contribution in [-0.2, 0) is 0 Å². The zero-order valence-corrected chi connectivity index (χ0v) is 17.5. The van der Waals surface area contributed by atoms with Crippen molar-refractivity contribution < 1.29 is 0 Å². The van der Waals surface area contributed by atoms with E-state index in [1.165, 1.54) is 6.42 Å². The van der Waals surface area contributed by atoms with E-state index in [0.717, 1.165) is 21.9 Å². The van der Waals surface area contributed by atoms with Crippen LogP contribution in [0.3, 0.4) is 0 Å². The van der Waals surface area contributed by atoms with E-state index >= 15 is 0 Å². The quantitative estimate of drug-likeness (QED) is 0.646. The summed E-state index contributed by atoms with van der Waals surface area (Å²) in [5.41, 5.74) is 7.53. The maximum atomic E-state index is 5.52. The number of rotatable bonds is 2. The van der Waals surface area contributed by atoms with Crippen molar-refractivity contribution in [3.63, 3.8) is 0 Å². The predicted molar refractivity (Wildman–Crippen MR) is 113 cm³/mol. The first-order valence-electron chi connectivity index (χ1n) is 9.28. The first-order chi connectivity index (χ1) is 11.5. The molecule has 0 saturated heterocycles. The van der Waals surface area contributed by atoms with Crippen molar-refractivity contribution in [3.8, 4) is 0 Å². The molecule has 140 valence electrons. The fraction of sp³-hybridized carbons (Fsp3) is 0.524. The van der Waals surface area contributed by atoms with Crippen LogP contribution in [0.5, 0.6) is 0 Å². The Bertz CT molecular complexity index is 543. The van der Waals surface area contributed by atoms with Gasteiger partial charge in [-0.1, -0.05) is 92.7 Å². The number of hydrogen-bond acceptors (Lipinski definition) is 1. The normalized spacial score (nSPS) is 10.5. The number of aromatic nitrogens is 2. The third-order valence-corrected chi connectivity index (χ3v) is 2.96. The Kier molecular flexibility index (Phi) is 21.5. The lowest BCUT2D eigenvalue weighted by atomic mass is 10.1. The van der Waals surface area contributed by atoms with Gasteiger partial charge in [0, 0.05) is 5.69 Å². The topological polar surface area (TPSA) is 57.6 Å². The second-order valence-corrected chi connectivity index (χ2v) is 4.55. The van der Waals surface area contributed by atoms with Crippen LogP contribution >= 0.6 is 0 Å². The van der Waals surface area contributed by atoms with E-state index in [1.807, 2.05) is 72.7 Å². The predicted octanol–water partition coefficient (Wildman–Crippen LogP) is 5.24. The van der Waals surface area contributed by atoms with E-state index in [9.17, 15) is 0 Å². The molecule has 0 spiro atoms. The Morgan fingerprint density at radius 1 is 1.04 bits per heavy atom. The van der Waals surface area contributed by atoms with E-state index in [0.29, 0.717) is 5.92 Å². The summed E-state index contributed by atoms with van der Waals surface area (Å²) in [4.78, 5) is 0. The molecule has 0 fully saturated rings. The molecular weight excluding hydrogens is 294 g/mol. The summed E-state index contributed by atoms with van der Waals surface area (Å²) in [6.45, 7) is 22.2. The molecule has 0 saturated carbocycles. The summed E-state index contributed by atoms with van der Waals surface area (Å²) in [5, 5.41) is 8.00. The summed E-state index contributed by atoms with van der Waals surface area (Å²) >= 11 is 0. The van der Waals surface area contributed by atoms with Gasteiger partial charge >= 0.3 is 0 Å². The molecular formula is C21H41N3. The second kappa shape index (κ2) is 19.1. The number of nitrogen functional groups attached to an aromatic ring is 1. The third kappa shape index (κ3) is 12.6. The van der Waals surface area contributed by atoms with Crippen LogP contribution in [0.15, 0.2) is 24.3 Å². The highest BCUT2D eigenvalue weighted by molar-refractivity contribution is 5.44. The van der Waals surface area contributed by atoms with E-state index in [1.54, 1.807) is 0 Å². The van der Waals surface area contributed by atoms with Gasteiger partial charge in [0.25, 0.3) is 0 Å². The summed E-state index contributed by atoms with van der Waals surface area (Å²) in [7, 11) is 0. The Balaban J connectivity index is -0.000000284. The van der Waals surface area contributed by atoms with Gasteiger partial charge in [-0.3, -0.25) is 10.2 Å². The molecule has 1 unspecified atom stereocenters. The molecule has 24 heavy (non-hydrogen) atoms. The van der Waals surface area contributed by atoms with Crippen LogP contribution in [0.25, 0.3) is 12.7 Å². The molecule has 2 aromatic rings. The molecule has 3 heteroatoms. The lowest BCUT2D eigenvalue weighted by Crippen LogP contribution is -2.39. The van der Waals surface area contributed by atoms with Gasteiger partial charge in [-0.15, -0.1) is 0 Å². The Morgan fingerprint density at radius 2 is 1.54 bits per heavy atom. The average Bonchev–Trinajstić information content (AvgIpc) is 2.66. The van der Waals surface area contributed by atoms with Crippen molar-refractivity contribution in [1.82, 2.24) is 10.2 Å². The lowest BCUT2D eigenvalue weighted by Gasteiger charge is -2.01. The third-order valence-electron chi connectivity index (χ3n) is 2.96. The van der Waals surface area contributed by atoms with Crippen LogP contribution < -0.4 is 16.4 Å².